The van der Waals surface area contributed by atoms with Gasteiger partial charge in [-0.3, -0.25) is 4.79 Å². The molecule has 0 bridgehead atoms. The molecule has 0 unspecified atom stereocenters. The van der Waals surface area contributed by atoms with Crippen LogP contribution >= 0.6 is 0 Å². The van der Waals surface area contributed by atoms with Crippen molar-refractivity contribution in [2.75, 3.05) is 27.4 Å². The van der Waals surface area contributed by atoms with Crippen molar-refractivity contribution in [1.82, 2.24) is 4.90 Å². The Morgan fingerprint density at radius 3 is 2.83 bits per heavy atom. The molecule has 0 aliphatic carbocycles. The molecule has 1 heterocycles. The van der Waals surface area contributed by atoms with Crippen LogP contribution in [-0.2, 0) is 11.3 Å². The number of methoxy groups -OCH3 is 1. The van der Waals surface area contributed by atoms with E-state index >= 15 is 0 Å². The number of nitrogens with zero attached hydrogens (tertiary/aromatic N) is 1. The maximum absolute atomic E-state index is 12.8. The van der Waals surface area contributed by atoms with E-state index in [1.54, 1.807) is 12.0 Å². The minimum absolute atomic E-state index is 0.0154. The van der Waals surface area contributed by atoms with Crippen LogP contribution < -0.4 is 4.74 Å². The van der Waals surface area contributed by atoms with Gasteiger partial charge in [0.1, 0.15) is 5.75 Å². The van der Waals surface area contributed by atoms with Crippen LogP contribution in [0.2, 0.25) is 0 Å². The Morgan fingerprint density at radius 2 is 2.08 bits per heavy atom. The highest BCUT2D eigenvalue weighted by atomic mass is 16.5. The Balaban J connectivity index is 1.74. The lowest BCUT2D eigenvalue weighted by molar-refractivity contribution is 0.0784. The molecule has 2 aromatic carbocycles. The van der Waals surface area contributed by atoms with Crippen LogP contribution in [0.15, 0.2) is 48.5 Å². The van der Waals surface area contributed by atoms with Gasteiger partial charge >= 0.3 is 0 Å². The zero-order valence-corrected chi connectivity index (χ0v) is 14.2. The third-order valence-electron chi connectivity index (χ3n) is 4.48. The molecule has 0 radical (unpaired) electrons. The van der Waals surface area contributed by atoms with Gasteiger partial charge in [0.2, 0.25) is 0 Å². The molecule has 1 amide bonds. The van der Waals surface area contributed by atoms with Gasteiger partial charge in [-0.15, -0.1) is 0 Å². The van der Waals surface area contributed by atoms with Crippen molar-refractivity contribution in [1.29, 1.82) is 0 Å². The van der Waals surface area contributed by atoms with Crippen LogP contribution in [0, 0.1) is 0 Å². The number of para-hydroxylation sites is 1. The van der Waals surface area contributed by atoms with E-state index in [-0.39, 0.29) is 5.91 Å². The molecule has 1 aliphatic heterocycles. The zero-order valence-electron chi connectivity index (χ0n) is 14.2. The van der Waals surface area contributed by atoms with E-state index in [9.17, 15) is 4.79 Å². The molecule has 1 fully saturated rings. The summed E-state index contributed by atoms with van der Waals surface area (Å²) in [6.45, 7) is 2.06. The molecule has 24 heavy (non-hydrogen) atoms. The second-order valence-electron chi connectivity index (χ2n) is 6.16. The van der Waals surface area contributed by atoms with E-state index < -0.39 is 0 Å². The van der Waals surface area contributed by atoms with Crippen LogP contribution in [-0.4, -0.2) is 38.2 Å². The lowest BCUT2D eigenvalue weighted by Crippen LogP contribution is -2.26. The molecule has 1 saturated heterocycles. The number of ether oxygens (including phenoxy) is 2. The van der Waals surface area contributed by atoms with Gasteiger partial charge in [0, 0.05) is 37.2 Å². The molecule has 0 aromatic heterocycles. The van der Waals surface area contributed by atoms with E-state index in [2.05, 4.69) is 6.07 Å². The fourth-order valence-corrected chi connectivity index (χ4v) is 3.10. The second kappa shape index (κ2) is 7.49. The summed E-state index contributed by atoms with van der Waals surface area (Å²) >= 11 is 0. The summed E-state index contributed by atoms with van der Waals surface area (Å²) in [6.07, 6.45) is 1.02. The molecule has 2 aromatic rings. The van der Waals surface area contributed by atoms with Gasteiger partial charge < -0.3 is 14.4 Å². The first-order chi connectivity index (χ1) is 11.7. The highest BCUT2D eigenvalue weighted by molar-refractivity contribution is 5.94. The lowest BCUT2D eigenvalue weighted by Gasteiger charge is -2.19. The van der Waals surface area contributed by atoms with E-state index in [1.807, 2.05) is 49.5 Å². The number of carbonyl (C=O) groups excluding carboxylic acids is 1. The average Bonchev–Trinajstić information content (AvgIpc) is 3.16. The maximum Gasteiger partial charge on any atom is 0.253 e. The normalized spacial score (nSPS) is 16.8. The Hall–Kier alpha value is -2.33. The third kappa shape index (κ3) is 3.60. The smallest absolute Gasteiger partial charge is 0.253 e. The Morgan fingerprint density at radius 1 is 1.25 bits per heavy atom. The quantitative estimate of drug-likeness (QED) is 0.845. The van der Waals surface area contributed by atoms with Gasteiger partial charge in [-0.2, -0.15) is 0 Å². The summed E-state index contributed by atoms with van der Waals surface area (Å²) in [5, 5.41) is 0. The molecular formula is C20H23NO3. The highest BCUT2D eigenvalue weighted by Gasteiger charge is 2.20. The van der Waals surface area contributed by atoms with Crippen LogP contribution in [0.25, 0.3) is 0 Å². The Bertz CT molecular complexity index is 708. The fraction of sp³-hybridized carbons (Fsp3) is 0.350. The first-order valence-electron chi connectivity index (χ1n) is 8.24. The van der Waals surface area contributed by atoms with Gasteiger partial charge in [-0.1, -0.05) is 30.3 Å². The van der Waals surface area contributed by atoms with Gasteiger partial charge in [0.05, 0.1) is 13.7 Å². The van der Waals surface area contributed by atoms with E-state index in [0.717, 1.165) is 36.5 Å². The second-order valence-corrected chi connectivity index (χ2v) is 6.16. The molecule has 0 saturated carbocycles. The third-order valence-corrected chi connectivity index (χ3v) is 4.48. The van der Waals surface area contributed by atoms with Crippen molar-refractivity contribution in [3.8, 4) is 5.75 Å². The molecule has 0 N–H and O–H groups in total. The molecule has 1 aliphatic rings. The highest BCUT2D eigenvalue weighted by Crippen LogP contribution is 2.26. The number of benzene rings is 2. The van der Waals surface area contributed by atoms with Crippen LogP contribution in [0.3, 0.4) is 0 Å². The first-order valence-corrected chi connectivity index (χ1v) is 8.24. The van der Waals surface area contributed by atoms with Crippen LogP contribution in [0.4, 0.5) is 0 Å². The summed E-state index contributed by atoms with van der Waals surface area (Å²) < 4.78 is 10.8. The lowest BCUT2D eigenvalue weighted by atomic mass is 9.96. The van der Waals surface area contributed by atoms with Crippen molar-refractivity contribution >= 4 is 5.91 Å². The molecule has 4 heteroatoms. The number of carbonyl (C=O) groups is 1. The zero-order chi connectivity index (χ0) is 16.9. The van der Waals surface area contributed by atoms with Crippen molar-refractivity contribution in [3.63, 3.8) is 0 Å². The van der Waals surface area contributed by atoms with Crippen molar-refractivity contribution in [3.05, 3.63) is 65.2 Å². The predicted octanol–water partition coefficient (Wildman–Crippen LogP) is 3.47. The molecule has 3 rings (SSSR count). The molecule has 126 valence electrons. The minimum atomic E-state index is 0.0154. The summed E-state index contributed by atoms with van der Waals surface area (Å²) in [5.74, 6) is 1.22. The number of amides is 1. The standard InChI is InChI=1S/C20H23NO3/c1-21(13-17-6-3-4-9-19(17)23-2)20(22)16-8-5-7-15(12-16)18-10-11-24-14-18/h3-9,12,18H,10-11,13-14H2,1-2H3/t18-/m0/s1. The Labute approximate surface area is 143 Å². The summed E-state index contributed by atoms with van der Waals surface area (Å²) in [6, 6.07) is 15.7. The van der Waals surface area contributed by atoms with Crippen LogP contribution in [0.1, 0.15) is 33.8 Å². The molecule has 4 nitrogen and oxygen atoms in total. The minimum Gasteiger partial charge on any atom is -0.496 e. The Kier molecular flexibility index (Phi) is 5.16. The maximum atomic E-state index is 12.8. The first kappa shape index (κ1) is 16.5. The molecular weight excluding hydrogens is 302 g/mol. The summed E-state index contributed by atoms with van der Waals surface area (Å²) in [7, 11) is 3.47. The summed E-state index contributed by atoms with van der Waals surface area (Å²) in [4.78, 5) is 14.5. The SMILES string of the molecule is COc1ccccc1CN(C)C(=O)c1cccc([C@H]2CCOC2)c1. The van der Waals surface area contributed by atoms with Gasteiger partial charge in [0.15, 0.2) is 0 Å². The number of hydrogen-bond donors (Lipinski definition) is 0. The van der Waals surface area contributed by atoms with Crippen molar-refractivity contribution in [2.24, 2.45) is 0 Å². The van der Waals surface area contributed by atoms with Crippen molar-refractivity contribution in [2.45, 2.75) is 18.9 Å². The monoisotopic (exact) mass is 325 g/mol. The summed E-state index contributed by atoms with van der Waals surface area (Å²) in [5.41, 5.74) is 2.90. The fourth-order valence-electron chi connectivity index (χ4n) is 3.10. The molecule has 1 atom stereocenters. The largest absolute Gasteiger partial charge is 0.496 e. The van der Waals surface area contributed by atoms with Crippen LogP contribution in [0.5, 0.6) is 5.75 Å². The van der Waals surface area contributed by atoms with Crippen molar-refractivity contribution < 1.29 is 14.3 Å². The van der Waals surface area contributed by atoms with Gasteiger partial charge in [-0.05, 0) is 30.2 Å². The number of rotatable bonds is 5. The van der Waals surface area contributed by atoms with E-state index in [4.69, 9.17) is 9.47 Å². The predicted molar refractivity (Wildman–Crippen MR) is 93.4 cm³/mol. The van der Waals surface area contributed by atoms with E-state index in [1.165, 1.54) is 5.56 Å². The topological polar surface area (TPSA) is 38.8 Å². The van der Waals surface area contributed by atoms with Gasteiger partial charge in [0.25, 0.3) is 5.91 Å². The molecule has 0 spiro atoms. The van der Waals surface area contributed by atoms with Gasteiger partial charge in [-0.25, -0.2) is 0 Å². The van der Waals surface area contributed by atoms with E-state index in [0.29, 0.717) is 12.5 Å². The number of hydrogen-bond acceptors (Lipinski definition) is 3. The average molecular weight is 325 g/mol.